The van der Waals surface area contributed by atoms with Gasteiger partial charge >= 0.3 is 0 Å². The Balaban J connectivity index is 2.30. The molecule has 8 heteroatoms. The molecule has 0 atom stereocenters. The second-order valence-electron chi connectivity index (χ2n) is 3.44. The monoisotopic (exact) mass is 262 g/mol. The average Bonchev–Trinajstić information content (AvgIpc) is 2.79. The summed E-state index contributed by atoms with van der Waals surface area (Å²) in [5.74, 6) is 1.68. The van der Waals surface area contributed by atoms with E-state index in [2.05, 4.69) is 10.2 Å². The summed E-state index contributed by atoms with van der Waals surface area (Å²) in [6.07, 6.45) is 1.46. The highest BCUT2D eigenvalue weighted by atomic mass is 32.2. The summed E-state index contributed by atoms with van der Waals surface area (Å²) in [4.78, 5) is 0. The van der Waals surface area contributed by atoms with Crippen LogP contribution >= 0.6 is 11.8 Å². The number of thioether (sulfide) groups is 1. The Bertz CT molecular complexity index is 450. The summed E-state index contributed by atoms with van der Waals surface area (Å²) in [5, 5.41) is 6.41. The first kappa shape index (κ1) is 11.9. The molecular formula is C8H14N4O2S2. The number of rotatable bonds is 3. The van der Waals surface area contributed by atoms with E-state index in [1.54, 1.807) is 11.8 Å². The second kappa shape index (κ2) is 4.74. The van der Waals surface area contributed by atoms with E-state index in [0.29, 0.717) is 18.7 Å². The average molecular weight is 262 g/mol. The molecule has 1 aliphatic heterocycles. The molecule has 90 valence electrons. The van der Waals surface area contributed by atoms with E-state index in [9.17, 15) is 8.42 Å². The van der Waals surface area contributed by atoms with Crippen LogP contribution in [0, 0.1) is 0 Å². The molecule has 2 rings (SSSR count). The molecule has 0 amide bonds. The first-order valence-electron chi connectivity index (χ1n) is 4.96. The molecule has 16 heavy (non-hydrogen) atoms. The smallest absolute Gasteiger partial charge is 0.260 e. The highest BCUT2D eigenvalue weighted by Gasteiger charge is 2.29. The van der Waals surface area contributed by atoms with Crippen molar-refractivity contribution in [1.29, 1.82) is 0 Å². The molecular weight excluding hydrogens is 248 g/mol. The van der Waals surface area contributed by atoms with Gasteiger partial charge in [-0.25, -0.2) is 8.42 Å². The van der Waals surface area contributed by atoms with Gasteiger partial charge in [-0.05, 0) is 0 Å². The van der Waals surface area contributed by atoms with Gasteiger partial charge in [0.15, 0.2) is 5.03 Å². The van der Waals surface area contributed by atoms with Crippen molar-refractivity contribution in [2.75, 3.05) is 24.6 Å². The lowest BCUT2D eigenvalue weighted by Crippen LogP contribution is -2.38. The summed E-state index contributed by atoms with van der Waals surface area (Å²) in [6, 6.07) is 0. The van der Waals surface area contributed by atoms with Crippen LogP contribution in [0.3, 0.4) is 0 Å². The number of sulfonamides is 1. The molecule has 1 fully saturated rings. The van der Waals surface area contributed by atoms with Crippen LogP contribution in [0.4, 0.5) is 0 Å². The van der Waals surface area contributed by atoms with E-state index in [4.69, 9.17) is 5.73 Å². The minimum absolute atomic E-state index is 0.141. The van der Waals surface area contributed by atoms with Crippen LogP contribution in [0.25, 0.3) is 0 Å². The van der Waals surface area contributed by atoms with Crippen molar-refractivity contribution in [3.63, 3.8) is 0 Å². The SMILES string of the molecule is NCc1cn[nH]c1S(=O)(=O)N1CCSCC1. The predicted molar refractivity (Wildman–Crippen MR) is 62.6 cm³/mol. The number of nitrogens with one attached hydrogen (secondary N) is 1. The summed E-state index contributed by atoms with van der Waals surface area (Å²) in [5.41, 5.74) is 6.01. The number of hydrogen-bond acceptors (Lipinski definition) is 5. The maximum Gasteiger partial charge on any atom is 0.260 e. The van der Waals surface area contributed by atoms with Crippen molar-refractivity contribution in [2.24, 2.45) is 5.73 Å². The van der Waals surface area contributed by atoms with Gasteiger partial charge in [0.2, 0.25) is 0 Å². The molecule has 1 aliphatic rings. The van der Waals surface area contributed by atoms with Crippen LogP contribution in [0.15, 0.2) is 11.2 Å². The third-order valence-corrected chi connectivity index (χ3v) is 5.32. The van der Waals surface area contributed by atoms with Crippen LogP contribution in [-0.4, -0.2) is 47.5 Å². The molecule has 1 aromatic rings. The van der Waals surface area contributed by atoms with Gasteiger partial charge in [0.05, 0.1) is 6.20 Å². The lowest BCUT2D eigenvalue weighted by atomic mass is 10.4. The predicted octanol–water partition coefficient (Wildman–Crippen LogP) is -0.394. The van der Waals surface area contributed by atoms with Crippen LogP contribution in [0.2, 0.25) is 0 Å². The van der Waals surface area contributed by atoms with Gasteiger partial charge in [0.1, 0.15) is 0 Å². The van der Waals surface area contributed by atoms with Gasteiger partial charge in [-0.15, -0.1) is 0 Å². The van der Waals surface area contributed by atoms with Crippen LogP contribution in [-0.2, 0) is 16.6 Å². The standard InChI is InChI=1S/C8H14N4O2S2/c9-5-7-6-10-11-8(7)16(13,14)12-1-3-15-4-2-12/h6H,1-5,9H2,(H,10,11). The highest BCUT2D eigenvalue weighted by Crippen LogP contribution is 2.20. The van der Waals surface area contributed by atoms with E-state index in [1.807, 2.05) is 0 Å². The Morgan fingerprint density at radius 2 is 2.19 bits per heavy atom. The lowest BCUT2D eigenvalue weighted by Gasteiger charge is -2.25. The van der Waals surface area contributed by atoms with E-state index in [0.717, 1.165) is 11.5 Å². The third kappa shape index (κ3) is 2.10. The fourth-order valence-electron chi connectivity index (χ4n) is 1.58. The van der Waals surface area contributed by atoms with Crippen molar-refractivity contribution >= 4 is 21.8 Å². The van der Waals surface area contributed by atoms with Crippen molar-refractivity contribution in [3.05, 3.63) is 11.8 Å². The Morgan fingerprint density at radius 3 is 2.81 bits per heavy atom. The fourth-order valence-corrected chi connectivity index (χ4v) is 4.28. The fraction of sp³-hybridized carbons (Fsp3) is 0.625. The Morgan fingerprint density at radius 1 is 1.50 bits per heavy atom. The van der Waals surface area contributed by atoms with Gasteiger partial charge < -0.3 is 5.73 Å². The summed E-state index contributed by atoms with van der Waals surface area (Å²) in [7, 11) is -3.44. The number of aromatic amines is 1. The molecule has 0 aliphatic carbocycles. The van der Waals surface area contributed by atoms with Gasteiger partial charge in [0, 0.05) is 36.7 Å². The Hall–Kier alpha value is -0.570. The molecule has 0 aromatic carbocycles. The van der Waals surface area contributed by atoms with Crippen LogP contribution in [0.1, 0.15) is 5.56 Å². The zero-order valence-corrected chi connectivity index (χ0v) is 10.4. The zero-order chi connectivity index (χ0) is 11.6. The van der Waals surface area contributed by atoms with Gasteiger partial charge in [0.25, 0.3) is 10.0 Å². The summed E-state index contributed by atoms with van der Waals surface area (Å²) < 4.78 is 25.9. The van der Waals surface area contributed by atoms with Crippen molar-refractivity contribution in [2.45, 2.75) is 11.6 Å². The molecule has 1 saturated heterocycles. The maximum atomic E-state index is 12.2. The molecule has 0 radical (unpaired) electrons. The van der Waals surface area contributed by atoms with Gasteiger partial charge in [-0.2, -0.15) is 21.2 Å². The van der Waals surface area contributed by atoms with Crippen molar-refractivity contribution < 1.29 is 8.42 Å². The number of aromatic nitrogens is 2. The van der Waals surface area contributed by atoms with E-state index in [-0.39, 0.29) is 11.6 Å². The van der Waals surface area contributed by atoms with Gasteiger partial charge in [-0.3, -0.25) is 5.10 Å². The molecule has 1 aromatic heterocycles. The molecule has 0 spiro atoms. The third-order valence-electron chi connectivity index (χ3n) is 2.47. The molecule has 0 bridgehead atoms. The second-order valence-corrected chi connectivity index (χ2v) is 6.54. The topological polar surface area (TPSA) is 92.1 Å². The molecule has 0 saturated carbocycles. The van der Waals surface area contributed by atoms with E-state index in [1.165, 1.54) is 10.5 Å². The summed E-state index contributed by atoms with van der Waals surface area (Å²) >= 11 is 1.77. The Kier molecular flexibility index (Phi) is 3.53. The number of nitrogens with zero attached hydrogens (tertiary/aromatic N) is 2. The van der Waals surface area contributed by atoms with Crippen molar-refractivity contribution in [3.8, 4) is 0 Å². The molecule has 2 heterocycles. The number of H-pyrrole nitrogens is 1. The largest absolute Gasteiger partial charge is 0.326 e. The Labute approximate surface area is 98.6 Å². The minimum atomic E-state index is -3.44. The molecule has 6 nitrogen and oxygen atoms in total. The quantitative estimate of drug-likeness (QED) is 0.773. The van der Waals surface area contributed by atoms with Crippen LogP contribution in [0.5, 0.6) is 0 Å². The van der Waals surface area contributed by atoms with Gasteiger partial charge in [-0.1, -0.05) is 0 Å². The van der Waals surface area contributed by atoms with Crippen LogP contribution < -0.4 is 5.73 Å². The van der Waals surface area contributed by atoms with Crippen molar-refractivity contribution in [1.82, 2.24) is 14.5 Å². The molecule has 3 N–H and O–H groups in total. The molecule has 0 unspecified atom stereocenters. The van der Waals surface area contributed by atoms with E-state index < -0.39 is 10.0 Å². The maximum absolute atomic E-state index is 12.2. The number of nitrogens with two attached hydrogens (primary N) is 1. The minimum Gasteiger partial charge on any atom is -0.326 e. The first-order valence-corrected chi connectivity index (χ1v) is 7.56. The highest BCUT2D eigenvalue weighted by molar-refractivity contribution is 7.99. The summed E-state index contributed by atoms with van der Waals surface area (Å²) in [6.45, 7) is 1.28. The lowest BCUT2D eigenvalue weighted by molar-refractivity contribution is 0.440. The number of hydrogen-bond donors (Lipinski definition) is 2. The first-order chi connectivity index (χ1) is 7.66. The normalized spacial score (nSPS) is 18.8. The zero-order valence-electron chi connectivity index (χ0n) is 8.72. The van der Waals surface area contributed by atoms with E-state index >= 15 is 0 Å².